The number of rotatable bonds is 7. The number of likely N-dealkylation sites (N-methyl/N-ethyl adjacent to an activating group) is 1. The molecular weight excluding hydrogens is 284 g/mol. The summed E-state index contributed by atoms with van der Waals surface area (Å²) in [5.74, 6) is -0.833. The lowest BCUT2D eigenvalue weighted by Crippen LogP contribution is -2.47. The second-order valence-corrected chi connectivity index (χ2v) is 5.08. The molecule has 0 saturated heterocycles. The smallest absolute Gasteiger partial charge is 0.387 e. The van der Waals surface area contributed by atoms with E-state index in [-0.39, 0.29) is 11.5 Å². The Kier molecular flexibility index (Phi) is 5.48. The Balaban J connectivity index is 2.93. The topological polar surface area (TPSA) is 59.0 Å². The first-order valence-corrected chi connectivity index (χ1v) is 6.25. The summed E-state index contributed by atoms with van der Waals surface area (Å²) in [5.41, 5.74) is -0.323. The van der Waals surface area contributed by atoms with Gasteiger partial charge in [0, 0.05) is 6.54 Å². The van der Waals surface area contributed by atoms with Gasteiger partial charge in [-0.3, -0.25) is 9.69 Å². The molecule has 0 heterocycles. The molecule has 0 radical (unpaired) electrons. The van der Waals surface area contributed by atoms with Gasteiger partial charge in [-0.15, -0.1) is 0 Å². The molecule has 0 amide bonds. The van der Waals surface area contributed by atoms with E-state index in [0.29, 0.717) is 6.54 Å². The van der Waals surface area contributed by atoms with Gasteiger partial charge in [0.1, 0.15) is 5.54 Å². The summed E-state index contributed by atoms with van der Waals surface area (Å²) < 4.78 is 33.8. The van der Waals surface area contributed by atoms with Gasteiger partial charge in [-0.25, -0.2) is 0 Å². The normalized spacial score (nSPS) is 11.8. The molecule has 0 fully saturated rings. The number of methoxy groups -OCH3 is 1. The second-order valence-electron chi connectivity index (χ2n) is 5.08. The van der Waals surface area contributed by atoms with Crippen molar-refractivity contribution in [2.45, 2.75) is 32.5 Å². The van der Waals surface area contributed by atoms with E-state index >= 15 is 0 Å². The number of aliphatic carboxylic acids is 1. The van der Waals surface area contributed by atoms with Crippen molar-refractivity contribution >= 4 is 5.97 Å². The highest BCUT2D eigenvalue weighted by Gasteiger charge is 2.31. The molecule has 0 bridgehead atoms. The number of hydrogen-bond donors (Lipinski definition) is 1. The lowest BCUT2D eigenvalue weighted by molar-refractivity contribution is -0.148. The van der Waals surface area contributed by atoms with Crippen molar-refractivity contribution in [2.75, 3.05) is 14.2 Å². The zero-order valence-electron chi connectivity index (χ0n) is 12.4. The van der Waals surface area contributed by atoms with Gasteiger partial charge in [-0.2, -0.15) is 8.78 Å². The molecule has 1 aromatic carbocycles. The van der Waals surface area contributed by atoms with Gasteiger partial charge < -0.3 is 14.6 Å². The minimum absolute atomic E-state index is 0.0589. The van der Waals surface area contributed by atoms with Gasteiger partial charge in [0.15, 0.2) is 11.5 Å². The van der Waals surface area contributed by atoms with Gasteiger partial charge in [0.2, 0.25) is 0 Å². The number of hydrogen-bond acceptors (Lipinski definition) is 4. The largest absolute Gasteiger partial charge is 0.493 e. The van der Waals surface area contributed by atoms with E-state index in [1.165, 1.54) is 13.2 Å². The van der Waals surface area contributed by atoms with Gasteiger partial charge in [0.25, 0.3) is 0 Å². The van der Waals surface area contributed by atoms with Crippen LogP contribution in [0.3, 0.4) is 0 Å². The maximum Gasteiger partial charge on any atom is 0.387 e. The fraction of sp³-hybridized carbons (Fsp3) is 0.500. The molecule has 0 aromatic heterocycles. The van der Waals surface area contributed by atoms with Crippen LogP contribution in [0.2, 0.25) is 0 Å². The summed E-state index contributed by atoms with van der Waals surface area (Å²) in [7, 11) is 3.02. The highest BCUT2D eigenvalue weighted by atomic mass is 19.3. The average Bonchev–Trinajstić information content (AvgIpc) is 2.39. The molecule has 7 heteroatoms. The summed E-state index contributed by atoms with van der Waals surface area (Å²) >= 11 is 0. The van der Waals surface area contributed by atoms with Crippen molar-refractivity contribution in [3.05, 3.63) is 23.8 Å². The lowest BCUT2D eigenvalue weighted by atomic mass is 10.0. The van der Waals surface area contributed by atoms with Crippen molar-refractivity contribution in [1.29, 1.82) is 0 Å². The molecule has 0 aliphatic carbocycles. The van der Waals surface area contributed by atoms with Crippen molar-refractivity contribution in [3.63, 3.8) is 0 Å². The Morgan fingerprint density at radius 3 is 2.48 bits per heavy atom. The quantitative estimate of drug-likeness (QED) is 0.839. The van der Waals surface area contributed by atoms with Crippen LogP contribution in [-0.4, -0.2) is 42.3 Å². The summed E-state index contributed by atoms with van der Waals surface area (Å²) in [6, 6.07) is 4.52. The van der Waals surface area contributed by atoms with Crippen LogP contribution in [0.5, 0.6) is 11.5 Å². The predicted octanol–water partition coefficient (Wildman–Crippen LogP) is 2.59. The first-order chi connectivity index (χ1) is 9.68. The average molecular weight is 303 g/mol. The van der Waals surface area contributed by atoms with Crippen molar-refractivity contribution in [1.82, 2.24) is 4.90 Å². The van der Waals surface area contributed by atoms with Gasteiger partial charge in [-0.1, -0.05) is 6.07 Å². The highest BCUT2D eigenvalue weighted by molar-refractivity contribution is 5.77. The minimum atomic E-state index is -2.93. The Labute approximate surface area is 122 Å². The number of benzene rings is 1. The SMILES string of the molecule is COc1cc(CN(C)C(C)(C)C(=O)O)ccc1OC(F)F. The number of alkyl halides is 2. The number of ether oxygens (including phenoxy) is 2. The monoisotopic (exact) mass is 303 g/mol. The van der Waals surface area contributed by atoms with Crippen LogP contribution >= 0.6 is 0 Å². The van der Waals surface area contributed by atoms with Crippen LogP contribution < -0.4 is 9.47 Å². The maximum absolute atomic E-state index is 12.2. The summed E-state index contributed by atoms with van der Waals surface area (Å²) in [5, 5.41) is 9.16. The predicted molar refractivity (Wildman–Crippen MR) is 72.8 cm³/mol. The molecule has 1 rings (SSSR count). The summed E-state index contributed by atoms with van der Waals surface area (Å²) in [6.07, 6.45) is 0. The van der Waals surface area contributed by atoms with E-state index in [0.717, 1.165) is 5.56 Å². The number of carbonyl (C=O) groups is 1. The Hall–Kier alpha value is -1.89. The van der Waals surface area contributed by atoms with Crippen LogP contribution in [0.4, 0.5) is 8.78 Å². The van der Waals surface area contributed by atoms with E-state index < -0.39 is 18.1 Å². The van der Waals surface area contributed by atoms with Crippen LogP contribution in [0.15, 0.2) is 18.2 Å². The molecule has 0 unspecified atom stereocenters. The zero-order valence-corrected chi connectivity index (χ0v) is 12.4. The molecule has 1 N–H and O–H groups in total. The molecule has 0 spiro atoms. The Morgan fingerprint density at radius 2 is 2.00 bits per heavy atom. The standard InChI is InChI=1S/C14H19F2NO4/c1-14(2,12(18)19)17(3)8-9-5-6-10(21-13(15)16)11(7-9)20-4/h5-7,13H,8H2,1-4H3,(H,18,19). The Morgan fingerprint density at radius 1 is 1.38 bits per heavy atom. The molecule has 0 saturated carbocycles. The summed E-state index contributed by atoms with van der Waals surface area (Å²) in [4.78, 5) is 12.8. The highest BCUT2D eigenvalue weighted by Crippen LogP contribution is 2.30. The van der Waals surface area contributed by atoms with Crippen LogP contribution in [0.1, 0.15) is 19.4 Å². The molecule has 1 aromatic rings. The maximum atomic E-state index is 12.2. The molecule has 0 aliphatic heterocycles. The molecule has 0 aliphatic rings. The van der Waals surface area contributed by atoms with E-state index in [9.17, 15) is 13.6 Å². The van der Waals surface area contributed by atoms with E-state index in [2.05, 4.69) is 4.74 Å². The molecule has 21 heavy (non-hydrogen) atoms. The molecule has 5 nitrogen and oxygen atoms in total. The Bertz CT molecular complexity index is 506. The number of carboxylic acids is 1. The third kappa shape index (κ3) is 4.29. The molecule has 0 atom stereocenters. The van der Waals surface area contributed by atoms with Crippen molar-refractivity contribution in [2.24, 2.45) is 0 Å². The first-order valence-electron chi connectivity index (χ1n) is 6.25. The van der Waals surface area contributed by atoms with Crippen LogP contribution in [0, 0.1) is 0 Å². The van der Waals surface area contributed by atoms with Crippen molar-refractivity contribution < 1.29 is 28.2 Å². The summed E-state index contributed by atoms with van der Waals surface area (Å²) in [6.45, 7) is 0.560. The van der Waals surface area contributed by atoms with E-state index in [1.807, 2.05) is 0 Å². The number of carboxylic acid groups (broad SMARTS) is 1. The zero-order chi connectivity index (χ0) is 16.2. The van der Waals surface area contributed by atoms with Gasteiger partial charge in [-0.05, 0) is 38.6 Å². The van der Waals surface area contributed by atoms with E-state index in [4.69, 9.17) is 9.84 Å². The first kappa shape index (κ1) is 17.2. The fourth-order valence-corrected chi connectivity index (χ4v) is 1.64. The van der Waals surface area contributed by atoms with Gasteiger partial charge in [0.05, 0.1) is 7.11 Å². The van der Waals surface area contributed by atoms with E-state index in [1.54, 1.807) is 37.9 Å². The third-order valence-corrected chi connectivity index (χ3v) is 3.34. The fourth-order valence-electron chi connectivity index (χ4n) is 1.64. The lowest BCUT2D eigenvalue weighted by Gasteiger charge is -2.31. The molecule has 118 valence electrons. The molecular formula is C14H19F2NO4. The van der Waals surface area contributed by atoms with Crippen molar-refractivity contribution in [3.8, 4) is 11.5 Å². The van der Waals surface area contributed by atoms with Gasteiger partial charge >= 0.3 is 12.6 Å². The van der Waals surface area contributed by atoms with Crippen LogP contribution in [-0.2, 0) is 11.3 Å². The number of halogens is 2. The second kappa shape index (κ2) is 6.71. The van der Waals surface area contributed by atoms with Crippen LogP contribution in [0.25, 0.3) is 0 Å². The third-order valence-electron chi connectivity index (χ3n) is 3.34. The minimum Gasteiger partial charge on any atom is -0.493 e. The number of nitrogens with zero attached hydrogens (tertiary/aromatic N) is 1.